The van der Waals surface area contributed by atoms with Crippen LogP contribution in [0.1, 0.15) is 34.7 Å². The van der Waals surface area contributed by atoms with Gasteiger partial charge in [0.05, 0.1) is 6.20 Å². The van der Waals surface area contributed by atoms with E-state index < -0.39 is 0 Å². The van der Waals surface area contributed by atoms with Gasteiger partial charge in [-0.25, -0.2) is 0 Å². The molecule has 5 heteroatoms. The van der Waals surface area contributed by atoms with Gasteiger partial charge in [-0.05, 0) is 54.7 Å². The van der Waals surface area contributed by atoms with Crippen LogP contribution in [0.4, 0.5) is 0 Å². The average Bonchev–Trinajstić information content (AvgIpc) is 2.55. The number of hydrogen-bond acceptors (Lipinski definition) is 3. The molecule has 22 heavy (non-hydrogen) atoms. The molecule has 1 saturated heterocycles. The quantitative estimate of drug-likeness (QED) is 0.923. The van der Waals surface area contributed by atoms with Gasteiger partial charge in [0, 0.05) is 29.9 Å². The van der Waals surface area contributed by atoms with Crippen molar-refractivity contribution < 1.29 is 9.90 Å². The first-order chi connectivity index (χ1) is 10.6. The van der Waals surface area contributed by atoms with Crippen LogP contribution in [0.25, 0.3) is 0 Å². The molecular formula is C17H17ClN2O2. The predicted molar refractivity (Wildman–Crippen MR) is 85.2 cm³/mol. The normalized spacial score (nSPS) is 15.8. The molecule has 0 aliphatic carbocycles. The Morgan fingerprint density at radius 3 is 2.50 bits per heavy atom. The number of carbonyl (C=O) groups is 1. The monoisotopic (exact) mass is 316 g/mol. The van der Waals surface area contributed by atoms with Crippen molar-refractivity contribution in [3.63, 3.8) is 0 Å². The van der Waals surface area contributed by atoms with E-state index >= 15 is 0 Å². The summed E-state index contributed by atoms with van der Waals surface area (Å²) in [5, 5.41) is 10.1. The summed E-state index contributed by atoms with van der Waals surface area (Å²) < 4.78 is 0. The third-order valence-electron chi connectivity index (χ3n) is 4.09. The van der Waals surface area contributed by atoms with Gasteiger partial charge < -0.3 is 10.0 Å². The van der Waals surface area contributed by atoms with Gasteiger partial charge in [-0.2, -0.15) is 0 Å². The zero-order valence-electron chi connectivity index (χ0n) is 12.1. The van der Waals surface area contributed by atoms with Gasteiger partial charge in [-0.15, -0.1) is 0 Å². The van der Waals surface area contributed by atoms with Crippen molar-refractivity contribution in [2.45, 2.75) is 18.8 Å². The van der Waals surface area contributed by atoms with Gasteiger partial charge in [0.25, 0.3) is 5.91 Å². The van der Waals surface area contributed by atoms with Gasteiger partial charge >= 0.3 is 0 Å². The van der Waals surface area contributed by atoms with Crippen LogP contribution < -0.4 is 0 Å². The van der Waals surface area contributed by atoms with E-state index in [-0.39, 0.29) is 11.7 Å². The molecular weight excluding hydrogens is 300 g/mol. The van der Waals surface area contributed by atoms with Crippen molar-refractivity contribution in [1.82, 2.24) is 9.88 Å². The van der Waals surface area contributed by atoms with E-state index in [1.54, 1.807) is 36.5 Å². The average molecular weight is 317 g/mol. The maximum absolute atomic E-state index is 12.4. The second-order valence-corrected chi connectivity index (χ2v) is 5.99. The second-order valence-electron chi connectivity index (χ2n) is 5.55. The lowest BCUT2D eigenvalue weighted by molar-refractivity contribution is 0.0713. The molecule has 1 N–H and O–H groups in total. The summed E-state index contributed by atoms with van der Waals surface area (Å²) >= 11 is 5.85. The first kappa shape index (κ1) is 14.9. The molecule has 0 unspecified atom stereocenters. The third-order valence-corrected chi connectivity index (χ3v) is 4.34. The highest BCUT2D eigenvalue weighted by Gasteiger charge is 2.24. The first-order valence-corrected chi connectivity index (χ1v) is 7.70. The Kier molecular flexibility index (Phi) is 4.29. The lowest BCUT2D eigenvalue weighted by atomic mass is 9.90. The molecule has 1 fully saturated rings. The Hall–Kier alpha value is -2.07. The van der Waals surface area contributed by atoms with E-state index in [0.29, 0.717) is 29.6 Å². The van der Waals surface area contributed by atoms with E-state index in [1.807, 2.05) is 4.90 Å². The predicted octanol–water partition coefficient (Wildman–Crippen LogP) is 3.46. The van der Waals surface area contributed by atoms with Gasteiger partial charge in [0.2, 0.25) is 0 Å². The zero-order chi connectivity index (χ0) is 15.5. The van der Waals surface area contributed by atoms with Crippen LogP contribution >= 0.6 is 11.6 Å². The number of piperidine rings is 1. The Labute approximate surface area is 134 Å². The van der Waals surface area contributed by atoms with Crippen molar-refractivity contribution in [2.75, 3.05) is 13.1 Å². The molecule has 0 bridgehead atoms. The maximum atomic E-state index is 12.4. The second kappa shape index (κ2) is 6.36. The minimum Gasteiger partial charge on any atom is -0.506 e. The molecule has 2 aromatic rings. The number of rotatable bonds is 2. The molecule has 114 valence electrons. The molecule has 0 radical (unpaired) electrons. The Morgan fingerprint density at radius 1 is 1.18 bits per heavy atom. The third kappa shape index (κ3) is 3.22. The summed E-state index contributed by atoms with van der Waals surface area (Å²) in [5.41, 5.74) is 1.71. The van der Waals surface area contributed by atoms with Crippen LogP contribution in [0.5, 0.6) is 5.75 Å². The molecule has 1 aliphatic heterocycles. The van der Waals surface area contributed by atoms with Crippen LogP contribution in [0.2, 0.25) is 5.02 Å². The summed E-state index contributed by atoms with van der Waals surface area (Å²) in [6.07, 6.45) is 4.98. The largest absolute Gasteiger partial charge is 0.506 e. The molecule has 0 atom stereocenters. The minimum atomic E-state index is 0.0455. The molecule has 1 amide bonds. The summed E-state index contributed by atoms with van der Waals surface area (Å²) in [4.78, 5) is 18.3. The van der Waals surface area contributed by atoms with Crippen molar-refractivity contribution in [3.05, 3.63) is 58.9 Å². The number of hydrogen-bond donors (Lipinski definition) is 1. The van der Waals surface area contributed by atoms with E-state index in [2.05, 4.69) is 4.98 Å². The Balaban J connectivity index is 1.64. The molecule has 4 nitrogen and oxygen atoms in total. The number of pyridine rings is 1. The molecule has 0 saturated carbocycles. The summed E-state index contributed by atoms with van der Waals surface area (Å²) in [6, 6.07) is 8.75. The minimum absolute atomic E-state index is 0.0455. The van der Waals surface area contributed by atoms with Crippen molar-refractivity contribution in [3.8, 4) is 5.75 Å². The van der Waals surface area contributed by atoms with Crippen molar-refractivity contribution >= 4 is 17.5 Å². The van der Waals surface area contributed by atoms with Gasteiger partial charge in [0.1, 0.15) is 5.75 Å². The standard InChI is InChI=1S/C17H17ClN2O2/c18-15-3-1-13(2-4-15)17(22)20-7-5-12(6-8-20)14-9-16(21)11-19-10-14/h1-4,9-12,21H,5-8H2. The molecule has 1 aromatic heterocycles. The van der Waals surface area contributed by atoms with Crippen LogP contribution in [0, 0.1) is 0 Å². The number of nitrogens with zero attached hydrogens (tertiary/aromatic N) is 2. The van der Waals surface area contributed by atoms with E-state index in [1.165, 1.54) is 6.20 Å². The van der Waals surface area contributed by atoms with E-state index in [9.17, 15) is 9.90 Å². The molecule has 2 heterocycles. The Bertz CT molecular complexity index is 665. The molecule has 0 spiro atoms. The fraction of sp³-hybridized carbons (Fsp3) is 0.294. The fourth-order valence-electron chi connectivity index (χ4n) is 2.86. The number of amides is 1. The summed E-state index contributed by atoms with van der Waals surface area (Å²) in [5.74, 6) is 0.579. The van der Waals surface area contributed by atoms with Crippen LogP contribution in [0.3, 0.4) is 0 Å². The summed E-state index contributed by atoms with van der Waals surface area (Å²) in [6.45, 7) is 1.42. The number of aromatic hydroxyl groups is 1. The van der Waals surface area contributed by atoms with E-state index in [4.69, 9.17) is 11.6 Å². The highest BCUT2D eigenvalue weighted by atomic mass is 35.5. The van der Waals surface area contributed by atoms with Gasteiger partial charge in [-0.3, -0.25) is 9.78 Å². The number of halogens is 1. The van der Waals surface area contributed by atoms with Gasteiger partial charge in [0.15, 0.2) is 0 Å². The SMILES string of the molecule is O=C(c1ccc(Cl)cc1)N1CCC(c2cncc(O)c2)CC1. The van der Waals surface area contributed by atoms with Crippen LogP contribution in [-0.4, -0.2) is 34.0 Å². The lowest BCUT2D eigenvalue weighted by Gasteiger charge is -2.32. The summed E-state index contributed by atoms with van der Waals surface area (Å²) in [7, 11) is 0. The van der Waals surface area contributed by atoms with Crippen molar-refractivity contribution in [1.29, 1.82) is 0 Å². The number of aromatic nitrogens is 1. The highest BCUT2D eigenvalue weighted by Crippen LogP contribution is 2.29. The fourth-order valence-corrected chi connectivity index (χ4v) is 2.99. The highest BCUT2D eigenvalue weighted by molar-refractivity contribution is 6.30. The lowest BCUT2D eigenvalue weighted by Crippen LogP contribution is -2.37. The van der Waals surface area contributed by atoms with Crippen molar-refractivity contribution in [2.24, 2.45) is 0 Å². The molecule has 3 rings (SSSR count). The molecule has 1 aliphatic rings. The number of likely N-dealkylation sites (tertiary alicyclic amines) is 1. The van der Waals surface area contributed by atoms with Crippen LogP contribution in [0.15, 0.2) is 42.7 Å². The maximum Gasteiger partial charge on any atom is 0.253 e. The topological polar surface area (TPSA) is 53.4 Å². The Morgan fingerprint density at radius 2 is 1.86 bits per heavy atom. The number of carbonyl (C=O) groups excluding carboxylic acids is 1. The number of benzene rings is 1. The van der Waals surface area contributed by atoms with Gasteiger partial charge in [-0.1, -0.05) is 11.6 Å². The first-order valence-electron chi connectivity index (χ1n) is 7.32. The van der Waals surface area contributed by atoms with Crippen LogP contribution in [-0.2, 0) is 0 Å². The molecule has 1 aromatic carbocycles. The zero-order valence-corrected chi connectivity index (χ0v) is 12.8. The van der Waals surface area contributed by atoms with E-state index in [0.717, 1.165) is 18.4 Å². The smallest absolute Gasteiger partial charge is 0.253 e.